The number of nitrogens with zero attached hydrogens (tertiary/aromatic N) is 2. The first-order chi connectivity index (χ1) is 6.40. The predicted octanol–water partition coefficient (Wildman–Crippen LogP) is -0.421. The molecule has 0 aliphatic carbocycles. The maximum atomic E-state index is 8.79. The SMILES string of the molecule is OCC1=NC(c2ccncc2)NN1. The van der Waals surface area contributed by atoms with Gasteiger partial charge in [-0.1, -0.05) is 0 Å². The van der Waals surface area contributed by atoms with Gasteiger partial charge in [0.05, 0.1) is 0 Å². The first-order valence-corrected chi connectivity index (χ1v) is 3.99. The van der Waals surface area contributed by atoms with Crippen LogP contribution in [0.2, 0.25) is 0 Å². The first kappa shape index (κ1) is 8.15. The second-order valence-electron chi connectivity index (χ2n) is 2.69. The summed E-state index contributed by atoms with van der Waals surface area (Å²) < 4.78 is 0. The van der Waals surface area contributed by atoms with Gasteiger partial charge in [0.25, 0.3) is 0 Å². The third-order valence-electron chi connectivity index (χ3n) is 1.81. The van der Waals surface area contributed by atoms with Gasteiger partial charge in [-0.05, 0) is 17.7 Å². The maximum Gasteiger partial charge on any atom is 0.144 e. The Labute approximate surface area is 75.5 Å². The van der Waals surface area contributed by atoms with E-state index in [1.807, 2.05) is 12.1 Å². The van der Waals surface area contributed by atoms with E-state index in [1.165, 1.54) is 0 Å². The number of aliphatic imine (C=N–C) groups is 1. The average Bonchev–Trinajstić information content (AvgIpc) is 2.67. The normalized spacial score (nSPS) is 21.0. The zero-order chi connectivity index (χ0) is 9.10. The van der Waals surface area contributed by atoms with Gasteiger partial charge in [0, 0.05) is 12.4 Å². The average molecular weight is 178 g/mol. The summed E-state index contributed by atoms with van der Waals surface area (Å²) in [6.07, 6.45) is 3.30. The van der Waals surface area contributed by atoms with Gasteiger partial charge in [0.1, 0.15) is 18.6 Å². The molecule has 0 spiro atoms. The zero-order valence-electron chi connectivity index (χ0n) is 6.94. The second kappa shape index (κ2) is 3.51. The van der Waals surface area contributed by atoms with Crippen molar-refractivity contribution in [1.29, 1.82) is 0 Å². The molecule has 0 amide bonds. The van der Waals surface area contributed by atoms with Crippen LogP contribution in [0.25, 0.3) is 0 Å². The Bertz CT molecular complexity index is 311. The summed E-state index contributed by atoms with van der Waals surface area (Å²) in [7, 11) is 0. The van der Waals surface area contributed by atoms with Gasteiger partial charge in [-0.3, -0.25) is 4.98 Å². The molecule has 0 saturated heterocycles. The van der Waals surface area contributed by atoms with E-state index in [0.717, 1.165) is 5.56 Å². The molecular formula is C8H10N4O. The van der Waals surface area contributed by atoms with Crippen LogP contribution in [0, 0.1) is 0 Å². The van der Waals surface area contributed by atoms with E-state index >= 15 is 0 Å². The number of nitrogens with one attached hydrogen (secondary N) is 2. The monoisotopic (exact) mass is 178 g/mol. The molecule has 0 saturated carbocycles. The Morgan fingerprint density at radius 2 is 2.15 bits per heavy atom. The number of pyridine rings is 1. The quantitative estimate of drug-likeness (QED) is 0.575. The largest absolute Gasteiger partial charge is 0.388 e. The van der Waals surface area contributed by atoms with Crippen LogP contribution in [0.4, 0.5) is 0 Å². The zero-order valence-corrected chi connectivity index (χ0v) is 6.94. The van der Waals surface area contributed by atoms with E-state index in [1.54, 1.807) is 12.4 Å². The summed E-state index contributed by atoms with van der Waals surface area (Å²) >= 11 is 0. The fourth-order valence-corrected chi connectivity index (χ4v) is 1.16. The molecule has 0 fully saturated rings. The molecule has 68 valence electrons. The van der Waals surface area contributed by atoms with Gasteiger partial charge in [0.15, 0.2) is 0 Å². The van der Waals surface area contributed by atoms with E-state index in [9.17, 15) is 0 Å². The van der Waals surface area contributed by atoms with Crippen LogP contribution >= 0.6 is 0 Å². The molecule has 1 atom stereocenters. The van der Waals surface area contributed by atoms with Crippen LogP contribution in [0.1, 0.15) is 11.7 Å². The van der Waals surface area contributed by atoms with E-state index in [-0.39, 0.29) is 12.8 Å². The van der Waals surface area contributed by atoms with Crippen LogP contribution < -0.4 is 10.9 Å². The smallest absolute Gasteiger partial charge is 0.144 e. The molecule has 1 unspecified atom stereocenters. The Morgan fingerprint density at radius 1 is 1.38 bits per heavy atom. The van der Waals surface area contributed by atoms with E-state index < -0.39 is 0 Å². The lowest BCUT2D eigenvalue weighted by Crippen LogP contribution is -2.32. The lowest BCUT2D eigenvalue weighted by atomic mass is 10.2. The van der Waals surface area contributed by atoms with Gasteiger partial charge in [-0.2, -0.15) is 0 Å². The minimum Gasteiger partial charge on any atom is -0.388 e. The van der Waals surface area contributed by atoms with E-state index in [0.29, 0.717) is 5.84 Å². The van der Waals surface area contributed by atoms with Crippen molar-refractivity contribution in [3.8, 4) is 0 Å². The number of rotatable bonds is 2. The van der Waals surface area contributed by atoms with Crippen molar-refractivity contribution in [2.75, 3.05) is 6.61 Å². The number of aliphatic hydroxyl groups excluding tert-OH is 1. The van der Waals surface area contributed by atoms with Gasteiger partial charge in [-0.25, -0.2) is 10.4 Å². The van der Waals surface area contributed by atoms with Gasteiger partial charge in [-0.15, -0.1) is 0 Å². The molecule has 2 heterocycles. The topological polar surface area (TPSA) is 69.5 Å². The first-order valence-electron chi connectivity index (χ1n) is 3.99. The Morgan fingerprint density at radius 3 is 2.77 bits per heavy atom. The number of hydrogen-bond acceptors (Lipinski definition) is 5. The number of aliphatic hydroxyl groups is 1. The highest BCUT2D eigenvalue weighted by molar-refractivity contribution is 5.84. The molecule has 2 rings (SSSR count). The van der Waals surface area contributed by atoms with Crippen molar-refractivity contribution >= 4 is 5.84 Å². The lowest BCUT2D eigenvalue weighted by Gasteiger charge is -2.05. The van der Waals surface area contributed by atoms with Crippen LogP contribution in [0.15, 0.2) is 29.5 Å². The summed E-state index contributed by atoms with van der Waals surface area (Å²) in [5.41, 5.74) is 6.74. The number of hydrazine groups is 1. The molecule has 5 nitrogen and oxygen atoms in total. The Hall–Kier alpha value is -1.46. The van der Waals surface area contributed by atoms with Crippen molar-refractivity contribution in [2.45, 2.75) is 6.17 Å². The summed E-state index contributed by atoms with van der Waals surface area (Å²) in [5.74, 6) is 0.557. The summed E-state index contributed by atoms with van der Waals surface area (Å²) in [5, 5.41) is 8.79. The maximum absolute atomic E-state index is 8.79. The lowest BCUT2D eigenvalue weighted by molar-refractivity contribution is 0.353. The fourth-order valence-electron chi connectivity index (χ4n) is 1.16. The number of aromatic nitrogens is 1. The van der Waals surface area contributed by atoms with Gasteiger partial charge in [0.2, 0.25) is 0 Å². The Balaban J connectivity index is 2.16. The number of hydrogen-bond donors (Lipinski definition) is 3. The number of amidine groups is 1. The van der Waals surface area contributed by atoms with Crippen LogP contribution in [0.3, 0.4) is 0 Å². The molecule has 1 aromatic rings. The molecule has 5 heteroatoms. The molecule has 3 N–H and O–H groups in total. The van der Waals surface area contributed by atoms with Gasteiger partial charge >= 0.3 is 0 Å². The second-order valence-corrected chi connectivity index (χ2v) is 2.69. The minimum atomic E-state index is -0.120. The van der Waals surface area contributed by atoms with Crippen molar-refractivity contribution in [1.82, 2.24) is 15.8 Å². The van der Waals surface area contributed by atoms with Crippen LogP contribution in [-0.2, 0) is 0 Å². The van der Waals surface area contributed by atoms with Crippen molar-refractivity contribution in [2.24, 2.45) is 4.99 Å². The van der Waals surface area contributed by atoms with E-state index in [4.69, 9.17) is 5.11 Å². The standard InChI is InChI=1S/C8H10N4O/c13-5-7-10-8(12-11-7)6-1-3-9-4-2-6/h1-4,8,12-13H,5H2,(H,10,11). The van der Waals surface area contributed by atoms with E-state index in [2.05, 4.69) is 20.8 Å². The molecule has 1 aliphatic heterocycles. The molecule has 0 aromatic carbocycles. The van der Waals surface area contributed by atoms with Crippen LogP contribution in [-0.4, -0.2) is 22.5 Å². The molecule has 0 bridgehead atoms. The highest BCUT2D eigenvalue weighted by atomic mass is 16.3. The molecule has 0 radical (unpaired) electrons. The molecular weight excluding hydrogens is 168 g/mol. The highest BCUT2D eigenvalue weighted by Crippen LogP contribution is 2.14. The fraction of sp³-hybridized carbons (Fsp3) is 0.250. The summed E-state index contributed by atoms with van der Waals surface area (Å²) in [6.45, 7) is -0.0748. The van der Waals surface area contributed by atoms with Crippen molar-refractivity contribution < 1.29 is 5.11 Å². The predicted molar refractivity (Wildman–Crippen MR) is 47.8 cm³/mol. The van der Waals surface area contributed by atoms with Gasteiger partial charge < -0.3 is 10.5 Å². The summed E-state index contributed by atoms with van der Waals surface area (Å²) in [6, 6.07) is 3.76. The Kier molecular flexibility index (Phi) is 2.20. The van der Waals surface area contributed by atoms with Crippen molar-refractivity contribution in [3.05, 3.63) is 30.1 Å². The molecule has 1 aromatic heterocycles. The summed E-state index contributed by atoms with van der Waals surface area (Å²) in [4.78, 5) is 8.10. The minimum absolute atomic E-state index is 0.0748. The molecule has 1 aliphatic rings. The molecule has 13 heavy (non-hydrogen) atoms. The van der Waals surface area contributed by atoms with Crippen molar-refractivity contribution in [3.63, 3.8) is 0 Å². The third kappa shape index (κ3) is 1.66. The third-order valence-corrected chi connectivity index (χ3v) is 1.81. The highest BCUT2D eigenvalue weighted by Gasteiger charge is 2.16. The van der Waals surface area contributed by atoms with Crippen LogP contribution in [0.5, 0.6) is 0 Å².